The number of carboxylic acid groups (broad SMARTS) is 1. The van der Waals surface area contributed by atoms with E-state index in [1.807, 2.05) is 30.1 Å². The molecule has 0 heterocycles. The van der Waals surface area contributed by atoms with E-state index in [4.69, 9.17) is 4.74 Å². The first-order valence-electron chi connectivity index (χ1n) is 6.26. The quantitative estimate of drug-likeness (QED) is 0.902. The van der Waals surface area contributed by atoms with Gasteiger partial charge in [0.05, 0.1) is 18.2 Å². The number of aliphatic carboxylic acids is 1. The van der Waals surface area contributed by atoms with Crippen molar-refractivity contribution in [2.45, 2.75) is 19.3 Å². The van der Waals surface area contributed by atoms with Crippen molar-refractivity contribution < 1.29 is 14.6 Å². The largest absolute Gasteiger partial charge is 0.495 e. The minimum absolute atomic E-state index is 0.509. The summed E-state index contributed by atoms with van der Waals surface area (Å²) in [6, 6.07) is 5.74. The molecule has 2 rings (SSSR count). The SMILES string of the molecule is COc1ccc(Br)cc1N(C)CC1(C(=O)O)CCC1. The van der Waals surface area contributed by atoms with Crippen molar-refractivity contribution in [1.29, 1.82) is 0 Å². The first-order chi connectivity index (χ1) is 8.98. The maximum absolute atomic E-state index is 11.4. The summed E-state index contributed by atoms with van der Waals surface area (Å²) in [5, 5.41) is 9.39. The number of ether oxygens (including phenoxy) is 1. The fraction of sp³-hybridized carbons (Fsp3) is 0.500. The second kappa shape index (κ2) is 5.41. The number of carbonyl (C=O) groups is 1. The van der Waals surface area contributed by atoms with Gasteiger partial charge in [-0.1, -0.05) is 22.4 Å². The molecule has 0 saturated heterocycles. The Labute approximate surface area is 121 Å². The molecule has 104 valence electrons. The molecule has 0 atom stereocenters. The topological polar surface area (TPSA) is 49.8 Å². The Bertz CT molecular complexity index is 486. The van der Waals surface area contributed by atoms with E-state index in [1.165, 1.54) is 0 Å². The Hall–Kier alpha value is -1.23. The molecule has 0 aromatic heterocycles. The lowest BCUT2D eigenvalue weighted by atomic mass is 9.68. The molecule has 1 aromatic carbocycles. The van der Waals surface area contributed by atoms with Crippen molar-refractivity contribution in [2.24, 2.45) is 5.41 Å². The molecule has 5 heteroatoms. The Morgan fingerprint density at radius 3 is 2.68 bits per heavy atom. The number of rotatable bonds is 5. The molecule has 1 fully saturated rings. The molecule has 1 aliphatic carbocycles. The Balaban J connectivity index is 2.22. The third-order valence-corrected chi connectivity index (χ3v) is 4.35. The molecule has 0 aliphatic heterocycles. The van der Waals surface area contributed by atoms with Crippen LogP contribution < -0.4 is 9.64 Å². The molecule has 1 saturated carbocycles. The summed E-state index contributed by atoms with van der Waals surface area (Å²) >= 11 is 3.43. The fourth-order valence-electron chi connectivity index (χ4n) is 2.54. The van der Waals surface area contributed by atoms with Gasteiger partial charge in [-0.25, -0.2) is 0 Å². The second-order valence-electron chi connectivity index (χ2n) is 5.11. The van der Waals surface area contributed by atoms with Crippen LogP contribution in [0.25, 0.3) is 0 Å². The molecule has 1 aromatic rings. The van der Waals surface area contributed by atoms with Crippen molar-refractivity contribution >= 4 is 27.6 Å². The standard InChI is InChI=1S/C14H18BrNO3/c1-16(9-14(13(17)18)6-3-7-14)11-8-10(15)4-5-12(11)19-2/h4-5,8H,3,6-7,9H2,1-2H3,(H,17,18). The molecule has 0 unspecified atom stereocenters. The first kappa shape index (κ1) is 14.2. The van der Waals surface area contributed by atoms with Crippen LogP contribution in [0.1, 0.15) is 19.3 Å². The van der Waals surface area contributed by atoms with Gasteiger partial charge in [0, 0.05) is 18.1 Å². The fourth-order valence-corrected chi connectivity index (χ4v) is 2.89. The minimum atomic E-state index is -0.695. The van der Waals surface area contributed by atoms with E-state index < -0.39 is 11.4 Å². The third-order valence-electron chi connectivity index (χ3n) is 3.86. The van der Waals surface area contributed by atoms with E-state index in [-0.39, 0.29) is 0 Å². The molecule has 0 amide bonds. The number of benzene rings is 1. The van der Waals surface area contributed by atoms with Crippen molar-refractivity contribution in [3.8, 4) is 5.75 Å². The van der Waals surface area contributed by atoms with Crippen LogP contribution in [0.5, 0.6) is 5.75 Å². The van der Waals surface area contributed by atoms with Gasteiger partial charge in [-0.05, 0) is 31.0 Å². The van der Waals surface area contributed by atoms with Crippen LogP contribution in [0.2, 0.25) is 0 Å². The highest BCUT2D eigenvalue weighted by Gasteiger charge is 2.45. The van der Waals surface area contributed by atoms with Gasteiger partial charge in [-0.15, -0.1) is 0 Å². The lowest BCUT2D eigenvalue weighted by Crippen LogP contribution is -2.46. The van der Waals surface area contributed by atoms with Gasteiger partial charge < -0.3 is 14.7 Å². The van der Waals surface area contributed by atoms with E-state index in [0.717, 1.165) is 35.2 Å². The van der Waals surface area contributed by atoms with Gasteiger partial charge in [-0.3, -0.25) is 4.79 Å². The molecular weight excluding hydrogens is 310 g/mol. The maximum atomic E-state index is 11.4. The molecule has 0 radical (unpaired) electrons. The molecule has 4 nitrogen and oxygen atoms in total. The van der Waals surface area contributed by atoms with Crippen LogP contribution in [0.4, 0.5) is 5.69 Å². The van der Waals surface area contributed by atoms with Crippen LogP contribution >= 0.6 is 15.9 Å². The van der Waals surface area contributed by atoms with Gasteiger partial charge in [0.1, 0.15) is 5.75 Å². The highest BCUT2D eigenvalue weighted by molar-refractivity contribution is 9.10. The average Bonchev–Trinajstić information content (AvgIpc) is 2.33. The Morgan fingerprint density at radius 2 is 2.21 bits per heavy atom. The number of methoxy groups -OCH3 is 1. The molecule has 0 spiro atoms. The lowest BCUT2D eigenvalue weighted by molar-refractivity contribution is -0.153. The van der Waals surface area contributed by atoms with Crippen molar-refractivity contribution in [3.63, 3.8) is 0 Å². The summed E-state index contributed by atoms with van der Waals surface area (Å²) in [7, 11) is 3.53. The lowest BCUT2D eigenvalue weighted by Gasteiger charge is -2.41. The molecule has 0 bridgehead atoms. The van der Waals surface area contributed by atoms with E-state index in [1.54, 1.807) is 7.11 Å². The summed E-state index contributed by atoms with van der Waals surface area (Å²) in [4.78, 5) is 13.4. The van der Waals surface area contributed by atoms with Crippen LogP contribution in [0.15, 0.2) is 22.7 Å². The predicted molar refractivity (Wildman–Crippen MR) is 77.9 cm³/mol. The zero-order valence-corrected chi connectivity index (χ0v) is 12.7. The minimum Gasteiger partial charge on any atom is -0.495 e. The number of anilines is 1. The maximum Gasteiger partial charge on any atom is 0.311 e. The number of halogens is 1. The first-order valence-corrected chi connectivity index (χ1v) is 7.06. The molecule has 1 aliphatic rings. The number of nitrogens with zero attached hydrogens (tertiary/aromatic N) is 1. The van der Waals surface area contributed by atoms with Crippen LogP contribution in [-0.4, -0.2) is 31.8 Å². The smallest absolute Gasteiger partial charge is 0.311 e. The van der Waals surface area contributed by atoms with Gasteiger partial charge in [0.15, 0.2) is 0 Å². The number of hydrogen-bond acceptors (Lipinski definition) is 3. The zero-order chi connectivity index (χ0) is 14.0. The summed E-state index contributed by atoms with van der Waals surface area (Å²) in [6.45, 7) is 0.509. The van der Waals surface area contributed by atoms with E-state index in [9.17, 15) is 9.90 Å². The highest BCUT2D eigenvalue weighted by atomic mass is 79.9. The van der Waals surface area contributed by atoms with Crippen molar-refractivity contribution in [2.75, 3.05) is 25.6 Å². The normalized spacial score (nSPS) is 16.6. The van der Waals surface area contributed by atoms with Gasteiger partial charge in [-0.2, -0.15) is 0 Å². The summed E-state index contributed by atoms with van der Waals surface area (Å²) in [6.07, 6.45) is 2.50. The third kappa shape index (κ3) is 2.71. The van der Waals surface area contributed by atoms with Crippen molar-refractivity contribution in [1.82, 2.24) is 0 Å². The van der Waals surface area contributed by atoms with E-state index in [2.05, 4.69) is 15.9 Å². The molecular formula is C14H18BrNO3. The Kier molecular flexibility index (Phi) is 4.04. The second-order valence-corrected chi connectivity index (χ2v) is 6.03. The summed E-state index contributed by atoms with van der Waals surface area (Å²) in [5.41, 5.74) is 0.312. The number of carboxylic acids is 1. The van der Waals surface area contributed by atoms with Crippen molar-refractivity contribution in [3.05, 3.63) is 22.7 Å². The summed E-state index contributed by atoms with van der Waals surface area (Å²) < 4.78 is 6.29. The van der Waals surface area contributed by atoms with E-state index >= 15 is 0 Å². The number of hydrogen-bond donors (Lipinski definition) is 1. The zero-order valence-electron chi connectivity index (χ0n) is 11.1. The average molecular weight is 328 g/mol. The predicted octanol–water partition coefficient (Wildman–Crippen LogP) is 3.15. The molecule has 1 N–H and O–H groups in total. The van der Waals surface area contributed by atoms with Gasteiger partial charge in [0.25, 0.3) is 0 Å². The van der Waals surface area contributed by atoms with Crippen LogP contribution in [0.3, 0.4) is 0 Å². The monoisotopic (exact) mass is 327 g/mol. The highest BCUT2D eigenvalue weighted by Crippen LogP contribution is 2.43. The Morgan fingerprint density at radius 1 is 1.53 bits per heavy atom. The molecule has 19 heavy (non-hydrogen) atoms. The van der Waals surface area contributed by atoms with Crippen LogP contribution in [0, 0.1) is 5.41 Å². The van der Waals surface area contributed by atoms with E-state index in [0.29, 0.717) is 6.54 Å². The van der Waals surface area contributed by atoms with Crippen LogP contribution in [-0.2, 0) is 4.79 Å². The van der Waals surface area contributed by atoms with Gasteiger partial charge in [0.2, 0.25) is 0 Å². The summed E-state index contributed by atoms with van der Waals surface area (Å²) in [5.74, 6) is 0.0603. The van der Waals surface area contributed by atoms with Gasteiger partial charge >= 0.3 is 5.97 Å².